The normalized spacial score (nSPS) is 11.3. The van der Waals surface area contributed by atoms with Crippen LogP contribution < -0.4 is 0 Å². The summed E-state index contributed by atoms with van der Waals surface area (Å²) in [6, 6.07) is 19.2. The maximum Gasteiger partial charge on any atom is 0.330 e. The molecule has 0 spiro atoms. The number of nitrogens with zero attached hydrogens (tertiary/aromatic N) is 1. The summed E-state index contributed by atoms with van der Waals surface area (Å²) in [5.41, 5.74) is 2.75. The third kappa shape index (κ3) is 4.65. The van der Waals surface area contributed by atoms with Crippen molar-refractivity contribution in [3.05, 3.63) is 84.4 Å². The minimum atomic E-state index is -0.534. The van der Waals surface area contributed by atoms with Crippen LogP contribution in [0.25, 0.3) is 0 Å². The number of esters is 1. The van der Waals surface area contributed by atoms with Gasteiger partial charge in [-0.15, -0.1) is 6.58 Å². The highest BCUT2D eigenvalue weighted by atomic mass is 16.5. The first-order valence-corrected chi connectivity index (χ1v) is 7.63. The van der Waals surface area contributed by atoms with E-state index in [1.807, 2.05) is 60.7 Å². The minimum Gasteiger partial charge on any atom is -0.467 e. The van der Waals surface area contributed by atoms with Crippen LogP contribution in [0.4, 0.5) is 0 Å². The molecule has 0 saturated heterocycles. The van der Waals surface area contributed by atoms with Gasteiger partial charge in [-0.05, 0) is 12.8 Å². The predicted octanol–water partition coefficient (Wildman–Crippen LogP) is 4.03. The van der Waals surface area contributed by atoms with Crippen LogP contribution in [0.15, 0.2) is 78.3 Å². The van der Waals surface area contributed by atoms with E-state index in [0.717, 1.165) is 16.8 Å². The number of rotatable bonds is 7. The molecule has 0 fully saturated rings. The Morgan fingerprint density at radius 2 is 1.61 bits per heavy atom. The molecule has 0 radical (unpaired) electrons. The van der Waals surface area contributed by atoms with Gasteiger partial charge in [0.2, 0.25) is 0 Å². The first-order valence-electron chi connectivity index (χ1n) is 7.63. The summed E-state index contributed by atoms with van der Waals surface area (Å²) in [5.74, 6) is -0.323. The number of allylic oxidation sites excluding steroid dienone is 1. The van der Waals surface area contributed by atoms with E-state index < -0.39 is 6.04 Å². The molecule has 0 bridgehead atoms. The van der Waals surface area contributed by atoms with Gasteiger partial charge in [0.05, 0.1) is 12.8 Å². The van der Waals surface area contributed by atoms with Gasteiger partial charge in [0.25, 0.3) is 0 Å². The average Bonchev–Trinajstić information content (AvgIpc) is 2.63. The molecule has 2 aromatic rings. The number of ether oxygens (including phenoxy) is 1. The van der Waals surface area contributed by atoms with Crippen LogP contribution in [0.1, 0.15) is 24.0 Å². The maximum atomic E-state index is 12.1. The lowest BCUT2D eigenvalue weighted by molar-refractivity contribution is -0.142. The SMILES string of the molecule is C=CCCC(N=C(c1ccccc1)c1ccccc1)C(=O)OC. The maximum absolute atomic E-state index is 12.1. The van der Waals surface area contributed by atoms with Crippen molar-refractivity contribution in [2.45, 2.75) is 18.9 Å². The summed E-state index contributed by atoms with van der Waals surface area (Å²) >= 11 is 0. The molecule has 3 heteroatoms. The number of carbonyl (C=O) groups excluding carboxylic acids is 1. The van der Waals surface area contributed by atoms with Gasteiger partial charge in [-0.1, -0.05) is 66.7 Å². The highest BCUT2D eigenvalue weighted by Crippen LogP contribution is 2.15. The Morgan fingerprint density at radius 3 is 2.04 bits per heavy atom. The summed E-state index contributed by atoms with van der Waals surface area (Å²) in [7, 11) is 1.39. The van der Waals surface area contributed by atoms with Gasteiger partial charge in [-0.3, -0.25) is 4.99 Å². The van der Waals surface area contributed by atoms with E-state index in [2.05, 4.69) is 6.58 Å². The number of hydrogen-bond acceptors (Lipinski definition) is 3. The fourth-order valence-electron chi connectivity index (χ4n) is 2.31. The van der Waals surface area contributed by atoms with Gasteiger partial charge in [0.1, 0.15) is 6.04 Å². The Kier molecular flexibility index (Phi) is 6.30. The molecule has 1 atom stereocenters. The highest BCUT2D eigenvalue weighted by Gasteiger charge is 2.19. The van der Waals surface area contributed by atoms with Gasteiger partial charge in [0, 0.05) is 11.1 Å². The van der Waals surface area contributed by atoms with Crippen molar-refractivity contribution in [1.29, 1.82) is 0 Å². The van der Waals surface area contributed by atoms with Crippen LogP contribution in [0, 0.1) is 0 Å². The number of hydrogen-bond donors (Lipinski definition) is 0. The molecule has 23 heavy (non-hydrogen) atoms. The molecule has 0 saturated carbocycles. The summed E-state index contributed by atoms with van der Waals surface area (Å²) in [6.45, 7) is 3.71. The first-order chi connectivity index (χ1) is 11.3. The number of benzene rings is 2. The average molecular weight is 307 g/mol. The molecule has 3 nitrogen and oxygen atoms in total. The molecule has 0 aliphatic heterocycles. The Balaban J connectivity index is 2.46. The molecule has 2 aromatic carbocycles. The zero-order valence-electron chi connectivity index (χ0n) is 13.3. The van der Waals surface area contributed by atoms with Crippen LogP contribution in [0.3, 0.4) is 0 Å². The number of aliphatic imine (C=N–C) groups is 1. The van der Waals surface area contributed by atoms with Gasteiger partial charge in [0.15, 0.2) is 0 Å². The standard InChI is InChI=1S/C20H21NO2/c1-3-4-15-18(20(22)23-2)21-19(16-11-7-5-8-12-16)17-13-9-6-10-14-17/h3,5-14,18H,1,4,15H2,2H3. The second-order valence-corrected chi connectivity index (χ2v) is 5.11. The van der Waals surface area contributed by atoms with E-state index in [-0.39, 0.29) is 5.97 Å². The molecule has 0 aliphatic carbocycles. The summed E-state index contributed by atoms with van der Waals surface area (Å²) in [5, 5.41) is 0. The lowest BCUT2D eigenvalue weighted by atomic mass is 10.0. The zero-order chi connectivity index (χ0) is 16.5. The molecule has 118 valence electrons. The molecule has 2 rings (SSSR count). The van der Waals surface area contributed by atoms with Crippen molar-refractivity contribution >= 4 is 11.7 Å². The quantitative estimate of drug-likeness (QED) is 0.440. The van der Waals surface area contributed by atoms with Crippen molar-refractivity contribution in [1.82, 2.24) is 0 Å². The molecule has 0 heterocycles. The van der Waals surface area contributed by atoms with Gasteiger partial charge < -0.3 is 4.74 Å². The van der Waals surface area contributed by atoms with E-state index in [9.17, 15) is 4.79 Å². The van der Waals surface area contributed by atoms with E-state index in [1.54, 1.807) is 6.08 Å². The summed E-state index contributed by atoms with van der Waals surface area (Å²) in [6.07, 6.45) is 3.08. The molecule has 0 aromatic heterocycles. The highest BCUT2D eigenvalue weighted by molar-refractivity contribution is 6.13. The topological polar surface area (TPSA) is 38.7 Å². The zero-order valence-corrected chi connectivity index (χ0v) is 13.3. The van der Waals surface area contributed by atoms with Crippen LogP contribution in [-0.4, -0.2) is 24.8 Å². The van der Waals surface area contributed by atoms with Crippen molar-refractivity contribution in [2.24, 2.45) is 4.99 Å². The third-order valence-corrected chi connectivity index (χ3v) is 3.50. The second-order valence-electron chi connectivity index (χ2n) is 5.11. The molecule has 1 unspecified atom stereocenters. The Hall–Kier alpha value is -2.68. The molecular weight excluding hydrogens is 286 g/mol. The number of methoxy groups -OCH3 is 1. The Labute approximate surface area is 137 Å². The third-order valence-electron chi connectivity index (χ3n) is 3.50. The van der Waals surface area contributed by atoms with E-state index in [1.165, 1.54) is 7.11 Å². The second kappa shape index (κ2) is 8.69. The molecule has 0 aliphatic rings. The van der Waals surface area contributed by atoms with Crippen molar-refractivity contribution in [3.63, 3.8) is 0 Å². The minimum absolute atomic E-state index is 0.323. The van der Waals surface area contributed by atoms with Crippen molar-refractivity contribution in [2.75, 3.05) is 7.11 Å². The van der Waals surface area contributed by atoms with Crippen LogP contribution in [0.2, 0.25) is 0 Å². The summed E-state index contributed by atoms with van der Waals surface area (Å²) < 4.78 is 4.90. The fourth-order valence-corrected chi connectivity index (χ4v) is 2.31. The number of carbonyl (C=O) groups is 1. The van der Waals surface area contributed by atoms with Crippen LogP contribution >= 0.6 is 0 Å². The van der Waals surface area contributed by atoms with Gasteiger partial charge >= 0.3 is 5.97 Å². The van der Waals surface area contributed by atoms with Crippen molar-refractivity contribution < 1.29 is 9.53 Å². The molecule has 0 N–H and O–H groups in total. The van der Waals surface area contributed by atoms with E-state index in [4.69, 9.17) is 9.73 Å². The summed E-state index contributed by atoms with van der Waals surface area (Å²) in [4.78, 5) is 16.8. The van der Waals surface area contributed by atoms with Crippen LogP contribution in [0.5, 0.6) is 0 Å². The van der Waals surface area contributed by atoms with Gasteiger partial charge in [-0.25, -0.2) is 4.79 Å². The van der Waals surface area contributed by atoms with Crippen LogP contribution in [-0.2, 0) is 9.53 Å². The van der Waals surface area contributed by atoms with E-state index >= 15 is 0 Å². The largest absolute Gasteiger partial charge is 0.467 e. The fraction of sp³-hybridized carbons (Fsp3) is 0.200. The smallest absolute Gasteiger partial charge is 0.330 e. The lowest BCUT2D eigenvalue weighted by Gasteiger charge is -2.13. The Morgan fingerprint density at radius 1 is 1.09 bits per heavy atom. The van der Waals surface area contributed by atoms with Crippen molar-refractivity contribution in [3.8, 4) is 0 Å². The monoisotopic (exact) mass is 307 g/mol. The van der Waals surface area contributed by atoms with E-state index in [0.29, 0.717) is 12.8 Å². The predicted molar refractivity (Wildman–Crippen MR) is 93.8 cm³/mol. The molecular formula is C20H21NO2. The Bertz CT molecular complexity index is 621. The lowest BCUT2D eigenvalue weighted by Crippen LogP contribution is -2.22. The molecule has 0 amide bonds. The first kappa shape index (κ1) is 16.7. The van der Waals surface area contributed by atoms with Gasteiger partial charge in [-0.2, -0.15) is 0 Å².